The van der Waals surface area contributed by atoms with Crippen molar-refractivity contribution in [3.05, 3.63) is 29.3 Å². The van der Waals surface area contributed by atoms with Crippen molar-refractivity contribution in [1.29, 1.82) is 0 Å². The van der Waals surface area contributed by atoms with Crippen LogP contribution in [0.3, 0.4) is 0 Å². The lowest BCUT2D eigenvalue weighted by molar-refractivity contribution is 0.0498. The van der Waals surface area contributed by atoms with Crippen molar-refractivity contribution in [2.45, 2.75) is 72.4 Å². The first kappa shape index (κ1) is 16.4. The average Bonchev–Trinajstić information content (AvgIpc) is 2.43. The van der Waals surface area contributed by atoms with Gasteiger partial charge in [0, 0.05) is 6.04 Å². The highest BCUT2D eigenvalue weighted by Crippen LogP contribution is 2.41. The highest BCUT2D eigenvalue weighted by molar-refractivity contribution is 5.35. The second-order valence-electron chi connectivity index (χ2n) is 7.44. The molecule has 3 unspecified atom stereocenters. The van der Waals surface area contributed by atoms with Crippen LogP contribution in [0, 0.1) is 25.2 Å². The van der Waals surface area contributed by atoms with Gasteiger partial charge in [0.05, 0.1) is 0 Å². The Kier molecular flexibility index (Phi) is 4.98. The number of benzene rings is 1. The maximum Gasteiger partial charge on any atom is 0.122 e. The van der Waals surface area contributed by atoms with E-state index >= 15 is 0 Å². The lowest BCUT2D eigenvalue weighted by Crippen LogP contribution is -2.46. The van der Waals surface area contributed by atoms with E-state index in [4.69, 9.17) is 10.5 Å². The van der Waals surface area contributed by atoms with E-state index in [1.165, 1.54) is 24.0 Å². The van der Waals surface area contributed by atoms with E-state index in [2.05, 4.69) is 52.8 Å². The molecule has 2 rings (SSSR count). The molecule has 2 nitrogen and oxygen atoms in total. The van der Waals surface area contributed by atoms with Crippen molar-refractivity contribution in [2.24, 2.45) is 17.1 Å². The Balaban J connectivity index is 2.10. The lowest BCUT2D eigenvalue weighted by atomic mass is 9.68. The maximum absolute atomic E-state index is 6.33. The van der Waals surface area contributed by atoms with Crippen molar-refractivity contribution in [1.82, 2.24) is 0 Å². The van der Waals surface area contributed by atoms with Crippen LogP contribution in [0.4, 0.5) is 0 Å². The zero-order chi connectivity index (χ0) is 15.6. The van der Waals surface area contributed by atoms with Crippen LogP contribution in [-0.2, 0) is 0 Å². The Morgan fingerprint density at radius 1 is 1.24 bits per heavy atom. The molecule has 0 saturated heterocycles. The van der Waals surface area contributed by atoms with Crippen LogP contribution in [0.15, 0.2) is 18.2 Å². The molecule has 118 valence electrons. The molecule has 0 aliphatic heterocycles. The van der Waals surface area contributed by atoms with E-state index in [0.717, 1.165) is 18.6 Å². The van der Waals surface area contributed by atoms with E-state index < -0.39 is 0 Å². The van der Waals surface area contributed by atoms with Gasteiger partial charge in [0.2, 0.25) is 0 Å². The van der Waals surface area contributed by atoms with Gasteiger partial charge in [0.25, 0.3) is 0 Å². The molecule has 0 heterocycles. The minimum atomic E-state index is 0.149. The fourth-order valence-corrected chi connectivity index (χ4v) is 3.38. The first-order chi connectivity index (χ1) is 9.83. The third-order valence-electron chi connectivity index (χ3n) is 5.47. The van der Waals surface area contributed by atoms with Crippen molar-refractivity contribution in [3.8, 4) is 5.75 Å². The standard InChI is InChI=1S/C19H31NO/c1-6-19(4,5)15-8-9-16(20)18(12-15)21-17-10-7-13(2)11-14(17)3/h7,10-11,15-16,18H,6,8-9,12,20H2,1-5H3. The van der Waals surface area contributed by atoms with Gasteiger partial charge >= 0.3 is 0 Å². The monoisotopic (exact) mass is 289 g/mol. The molecule has 21 heavy (non-hydrogen) atoms. The summed E-state index contributed by atoms with van der Waals surface area (Å²) in [6, 6.07) is 6.54. The second-order valence-corrected chi connectivity index (χ2v) is 7.44. The Bertz CT molecular complexity index is 480. The number of aryl methyl sites for hydroxylation is 2. The molecule has 0 spiro atoms. The minimum Gasteiger partial charge on any atom is -0.489 e. The van der Waals surface area contributed by atoms with E-state index in [-0.39, 0.29) is 12.1 Å². The zero-order valence-corrected chi connectivity index (χ0v) is 14.3. The quantitative estimate of drug-likeness (QED) is 0.878. The summed E-state index contributed by atoms with van der Waals surface area (Å²) in [6.45, 7) is 11.3. The van der Waals surface area contributed by atoms with Crippen LogP contribution in [0.1, 0.15) is 57.6 Å². The van der Waals surface area contributed by atoms with Crippen molar-refractivity contribution >= 4 is 0 Å². The molecule has 0 radical (unpaired) electrons. The predicted molar refractivity (Wildman–Crippen MR) is 89.7 cm³/mol. The highest BCUT2D eigenvalue weighted by atomic mass is 16.5. The maximum atomic E-state index is 6.33. The molecule has 1 aliphatic rings. The molecule has 0 aromatic heterocycles. The van der Waals surface area contributed by atoms with Crippen LogP contribution >= 0.6 is 0 Å². The molecule has 1 aliphatic carbocycles. The molecule has 1 fully saturated rings. The summed E-state index contributed by atoms with van der Waals surface area (Å²) in [6.07, 6.45) is 4.74. The summed E-state index contributed by atoms with van der Waals surface area (Å²) >= 11 is 0. The number of hydrogen-bond acceptors (Lipinski definition) is 2. The van der Waals surface area contributed by atoms with Gasteiger partial charge in [-0.1, -0.05) is 44.9 Å². The van der Waals surface area contributed by atoms with Gasteiger partial charge in [-0.05, 0) is 56.1 Å². The third kappa shape index (κ3) is 3.79. The highest BCUT2D eigenvalue weighted by Gasteiger charge is 2.37. The van der Waals surface area contributed by atoms with Gasteiger partial charge in [-0.15, -0.1) is 0 Å². The molecule has 1 aromatic rings. The number of rotatable bonds is 4. The Hall–Kier alpha value is -1.02. The predicted octanol–water partition coefficient (Wildman–Crippen LogP) is 4.61. The summed E-state index contributed by atoms with van der Waals surface area (Å²) in [7, 11) is 0. The zero-order valence-electron chi connectivity index (χ0n) is 14.3. The third-order valence-corrected chi connectivity index (χ3v) is 5.47. The van der Waals surface area contributed by atoms with Gasteiger partial charge in [0.1, 0.15) is 11.9 Å². The number of nitrogens with two attached hydrogens (primary N) is 1. The van der Waals surface area contributed by atoms with E-state index in [9.17, 15) is 0 Å². The minimum absolute atomic E-state index is 0.149. The molecule has 1 aromatic carbocycles. The van der Waals surface area contributed by atoms with Crippen molar-refractivity contribution < 1.29 is 4.74 Å². The molecular formula is C19H31NO. The normalized spacial score (nSPS) is 26.7. The summed E-state index contributed by atoms with van der Waals surface area (Å²) in [5.41, 5.74) is 9.19. The van der Waals surface area contributed by atoms with Gasteiger partial charge < -0.3 is 10.5 Å². The Morgan fingerprint density at radius 3 is 2.57 bits per heavy atom. The summed E-state index contributed by atoms with van der Waals surface area (Å²) in [4.78, 5) is 0. The first-order valence-electron chi connectivity index (χ1n) is 8.33. The molecule has 1 saturated carbocycles. The average molecular weight is 289 g/mol. The summed E-state index contributed by atoms with van der Waals surface area (Å²) in [5.74, 6) is 1.70. The second kappa shape index (κ2) is 6.39. The molecule has 0 amide bonds. The van der Waals surface area contributed by atoms with Crippen LogP contribution in [0.25, 0.3) is 0 Å². The van der Waals surface area contributed by atoms with E-state index in [1.54, 1.807) is 0 Å². The topological polar surface area (TPSA) is 35.2 Å². The summed E-state index contributed by atoms with van der Waals surface area (Å²) in [5, 5.41) is 0. The molecule has 3 atom stereocenters. The largest absolute Gasteiger partial charge is 0.489 e. The summed E-state index contributed by atoms with van der Waals surface area (Å²) < 4.78 is 6.30. The molecule has 0 bridgehead atoms. The fourth-order valence-electron chi connectivity index (χ4n) is 3.38. The fraction of sp³-hybridized carbons (Fsp3) is 0.684. The van der Waals surface area contributed by atoms with Crippen molar-refractivity contribution in [2.75, 3.05) is 0 Å². The smallest absolute Gasteiger partial charge is 0.122 e. The Morgan fingerprint density at radius 2 is 1.95 bits per heavy atom. The van der Waals surface area contributed by atoms with Gasteiger partial charge in [-0.2, -0.15) is 0 Å². The van der Waals surface area contributed by atoms with Crippen LogP contribution in [0.5, 0.6) is 5.75 Å². The van der Waals surface area contributed by atoms with E-state index in [1.807, 2.05) is 0 Å². The van der Waals surface area contributed by atoms with Gasteiger partial charge in [-0.25, -0.2) is 0 Å². The van der Waals surface area contributed by atoms with Crippen molar-refractivity contribution in [3.63, 3.8) is 0 Å². The molecule has 2 heteroatoms. The Labute approximate surface area is 130 Å². The van der Waals surface area contributed by atoms with Crippen LogP contribution in [-0.4, -0.2) is 12.1 Å². The van der Waals surface area contributed by atoms with E-state index in [0.29, 0.717) is 11.3 Å². The number of hydrogen-bond donors (Lipinski definition) is 1. The molecule has 2 N–H and O–H groups in total. The van der Waals surface area contributed by atoms with Gasteiger partial charge in [-0.3, -0.25) is 0 Å². The van der Waals surface area contributed by atoms with Crippen LogP contribution < -0.4 is 10.5 Å². The first-order valence-corrected chi connectivity index (χ1v) is 8.33. The lowest BCUT2D eigenvalue weighted by Gasteiger charge is -2.42. The van der Waals surface area contributed by atoms with Gasteiger partial charge in [0.15, 0.2) is 0 Å². The number of ether oxygens (including phenoxy) is 1. The van der Waals surface area contributed by atoms with Crippen LogP contribution in [0.2, 0.25) is 0 Å². The molecular weight excluding hydrogens is 258 g/mol. The SMILES string of the molecule is CCC(C)(C)C1CCC(N)C(Oc2ccc(C)cc2C)C1.